The summed E-state index contributed by atoms with van der Waals surface area (Å²) in [6.07, 6.45) is 0.204. The molecule has 0 aliphatic heterocycles. The van der Waals surface area contributed by atoms with E-state index in [1.807, 2.05) is 6.07 Å². The quantitative estimate of drug-likeness (QED) is 0.918. The van der Waals surface area contributed by atoms with E-state index in [1.165, 1.54) is 14.2 Å². The van der Waals surface area contributed by atoms with E-state index in [9.17, 15) is 0 Å². The first kappa shape index (κ1) is 15.9. The monoisotopic (exact) mass is 276 g/mol. The third-order valence-electron chi connectivity index (χ3n) is 2.23. The second kappa shape index (κ2) is 7.23. The lowest BCUT2D eigenvalue weighted by Crippen LogP contribution is -2.10. The Balaban J connectivity index is 0.00000256. The summed E-state index contributed by atoms with van der Waals surface area (Å²) in [5, 5.41) is 8.98. The smallest absolute Gasteiger partial charge is 0.179 e. The van der Waals surface area contributed by atoms with Gasteiger partial charge in [-0.3, -0.25) is 0 Å². The lowest BCUT2D eigenvalue weighted by molar-refractivity contribution is 0.354. The molecule has 0 amide bonds. The highest BCUT2D eigenvalue weighted by atomic mass is 35.5. The van der Waals surface area contributed by atoms with Crippen molar-refractivity contribution in [1.29, 1.82) is 5.26 Å². The Morgan fingerprint density at radius 3 is 2.53 bits per heavy atom. The van der Waals surface area contributed by atoms with Crippen LogP contribution in [-0.2, 0) is 0 Å². The van der Waals surface area contributed by atoms with Gasteiger partial charge in [0.05, 0.1) is 31.7 Å². The first-order valence-electron chi connectivity index (χ1n) is 4.68. The van der Waals surface area contributed by atoms with Crippen LogP contribution in [0, 0.1) is 11.3 Å². The predicted octanol–water partition coefficient (Wildman–Crippen LogP) is 2.69. The molecule has 0 spiro atoms. The maximum absolute atomic E-state index is 8.59. The molecule has 1 aromatic rings. The largest absolute Gasteiger partial charge is 0.493 e. The first-order valence-corrected chi connectivity index (χ1v) is 5.06. The van der Waals surface area contributed by atoms with Gasteiger partial charge >= 0.3 is 0 Å². The van der Waals surface area contributed by atoms with Crippen molar-refractivity contribution in [3.05, 3.63) is 22.7 Å². The average Bonchev–Trinajstić information content (AvgIpc) is 2.28. The fourth-order valence-corrected chi connectivity index (χ4v) is 1.77. The minimum absolute atomic E-state index is 0. The highest BCUT2D eigenvalue weighted by molar-refractivity contribution is 6.33. The number of hydrogen-bond acceptors (Lipinski definition) is 4. The van der Waals surface area contributed by atoms with Crippen molar-refractivity contribution in [2.75, 3.05) is 14.2 Å². The number of nitrogens with two attached hydrogens (primary N) is 1. The van der Waals surface area contributed by atoms with E-state index in [1.54, 1.807) is 12.1 Å². The molecule has 1 aromatic carbocycles. The van der Waals surface area contributed by atoms with E-state index in [0.717, 1.165) is 0 Å². The predicted molar refractivity (Wildman–Crippen MR) is 69.0 cm³/mol. The van der Waals surface area contributed by atoms with Crippen LogP contribution in [0.4, 0.5) is 0 Å². The van der Waals surface area contributed by atoms with Crippen LogP contribution in [0.15, 0.2) is 12.1 Å². The van der Waals surface area contributed by atoms with Crippen molar-refractivity contribution in [3.8, 4) is 17.6 Å². The highest BCUT2D eigenvalue weighted by Gasteiger charge is 2.17. The van der Waals surface area contributed by atoms with Crippen LogP contribution in [0.2, 0.25) is 5.02 Å². The maximum Gasteiger partial charge on any atom is 0.179 e. The van der Waals surface area contributed by atoms with E-state index in [-0.39, 0.29) is 18.8 Å². The molecule has 0 aliphatic carbocycles. The maximum atomic E-state index is 8.59. The molecule has 1 rings (SSSR count). The zero-order valence-electron chi connectivity index (χ0n) is 9.57. The third-order valence-corrected chi connectivity index (χ3v) is 2.62. The normalized spacial score (nSPS) is 11.0. The van der Waals surface area contributed by atoms with Gasteiger partial charge in [-0.1, -0.05) is 17.7 Å². The van der Waals surface area contributed by atoms with Crippen molar-refractivity contribution in [3.63, 3.8) is 0 Å². The molecule has 17 heavy (non-hydrogen) atoms. The summed E-state index contributed by atoms with van der Waals surface area (Å²) in [6.45, 7) is 0. The van der Waals surface area contributed by atoms with Crippen molar-refractivity contribution in [2.45, 2.75) is 12.5 Å². The molecule has 0 saturated carbocycles. The van der Waals surface area contributed by atoms with Gasteiger partial charge in [0.1, 0.15) is 0 Å². The minimum atomic E-state index is -0.419. The van der Waals surface area contributed by atoms with Crippen LogP contribution in [0.25, 0.3) is 0 Å². The Bertz CT molecular complexity index is 419. The Hall–Kier alpha value is -1.15. The lowest BCUT2D eigenvalue weighted by atomic mass is 10.0. The topological polar surface area (TPSA) is 68.3 Å². The van der Waals surface area contributed by atoms with Crippen LogP contribution in [0.3, 0.4) is 0 Å². The number of hydrogen-bond donors (Lipinski definition) is 1. The number of nitrogens with zero attached hydrogens (tertiary/aromatic N) is 1. The molecule has 0 bridgehead atoms. The summed E-state index contributed by atoms with van der Waals surface area (Å²) in [6, 6.07) is 5.05. The van der Waals surface area contributed by atoms with E-state index < -0.39 is 6.04 Å². The number of halogens is 2. The van der Waals surface area contributed by atoms with Crippen LogP contribution in [0.1, 0.15) is 18.0 Å². The zero-order chi connectivity index (χ0) is 12.1. The van der Waals surface area contributed by atoms with E-state index in [0.29, 0.717) is 22.1 Å². The lowest BCUT2D eigenvalue weighted by Gasteiger charge is -2.15. The summed E-state index contributed by atoms with van der Waals surface area (Å²) in [4.78, 5) is 0. The van der Waals surface area contributed by atoms with Crippen LogP contribution in [0.5, 0.6) is 11.5 Å². The second-order valence-corrected chi connectivity index (χ2v) is 3.55. The van der Waals surface area contributed by atoms with E-state index in [2.05, 4.69) is 0 Å². The Kier molecular flexibility index (Phi) is 6.74. The van der Waals surface area contributed by atoms with Gasteiger partial charge in [-0.2, -0.15) is 5.26 Å². The number of benzene rings is 1. The Morgan fingerprint density at radius 1 is 1.41 bits per heavy atom. The minimum Gasteiger partial charge on any atom is -0.493 e. The zero-order valence-corrected chi connectivity index (χ0v) is 11.1. The van der Waals surface area contributed by atoms with Crippen molar-refractivity contribution in [2.24, 2.45) is 5.73 Å². The van der Waals surface area contributed by atoms with Gasteiger partial charge in [0.2, 0.25) is 0 Å². The third kappa shape index (κ3) is 3.40. The second-order valence-electron chi connectivity index (χ2n) is 3.17. The van der Waals surface area contributed by atoms with Crippen molar-refractivity contribution in [1.82, 2.24) is 0 Å². The van der Waals surface area contributed by atoms with Crippen molar-refractivity contribution >= 4 is 24.0 Å². The molecule has 0 fully saturated rings. The van der Waals surface area contributed by atoms with Crippen LogP contribution < -0.4 is 15.2 Å². The Morgan fingerprint density at radius 2 is 2.06 bits per heavy atom. The summed E-state index contributed by atoms with van der Waals surface area (Å²) >= 11 is 6.13. The van der Waals surface area contributed by atoms with Gasteiger partial charge in [0.25, 0.3) is 0 Å². The number of nitriles is 1. The van der Waals surface area contributed by atoms with Crippen LogP contribution in [-0.4, -0.2) is 14.2 Å². The molecule has 94 valence electrons. The van der Waals surface area contributed by atoms with Gasteiger partial charge in [-0.25, -0.2) is 0 Å². The van der Waals surface area contributed by atoms with Gasteiger partial charge < -0.3 is 15.2 Å². The van der Waals surface area contributed by atoms with Gasteiger partial charge in [-0.05, 0) is 11.6 Å². The first-order chi connectivity index (χ1) is 7.65. The molecule has 4 nitrogen and oxygen atoms in total. The molecule has 1 atom stereocenters. The summed E-state index contributed by atoms with van der Waals surface area (Å²) < 4.78 is 10.2. The molecule has 6 heteroatoms. The molecule has 2 N–H and O–H groups in total. The van der Waals surface area contributed by atoms with Gasteiger partial charge in [0.15, 0.2) is 11.5 Å². The fourth-order valence-electron chi connectivity index (χ4n) is 1.40. The molecule has 0 saturated heterocycles. The number of ether oxygens (including phenoxy) is 2. The molecular weight excluding hydrogens is 263 g/mol. The molecule has 0 aliphatic rings. The molecule has 0 unspecified atom stereocenters. The average molecular weight is 277 g/mol. The summed E-state index contributed by atoms with van der Waals surface area (Å²) in [5.74, 6) is 0.982. The number of methoxy groups -OCH3 is 2. The van der Waals surface area contributed by atoms with Gasteiger partial charge in [-0.15, -0.1) is 12.4 Å². The fraction of sp³-hybridized carbons (Fsp3) is 0.364. The van der Waals surface area contributed by atoms with E-state index >= 15 is 0 Å². The summed E-state index contributed by atoms with van der Waals surface area (Å²) in [5.41, 5.74) is 6.50. The molecule has 0 aromatic heterocycles. The molecule has 0 heterocycles. The molecule has 0 radical (unpaired) electrons. The van der Waals surface area contributed by atoms with Crippen molar-refractivity contribution < 1.29 is 9.47 Å². The van der Waals surface area contributed by atoms with Crippen LogP contribution >= 0.6 is 24.0 Å². The summed E-state index contributed by atoms with van der Waals surface area (Å²) in [7, 11) is 3.03. The highest BCUT2D eigenvalue weighted by Crippen LogP contribution is 2.39. The standard InChI is InChI=1S/C11H13ClN2O2.ClH/c1-15-9-4-3-7(8(14)5-6-13)10(12)11(9)16-2;/h3-4,8H,5,14H2,1-2H3;1H/t8-;/m1./s1. The molecular formula is C11H14Cl2N2O2. The number of rotatable bonds is 4. The van der Waals surface area contributed by atoms with Gasteiger partial charge in [0, 0.05) is 6.04 Å². The Labute approximate surface area is 112 Å². The SMILES string of the molecule is COc1ccc([C@H](N)CC#N)c(Cl)c1OC.Cl. The van der Waals surface area contributed by atoms with E-state index in [4.69, 9.17) is 32.1 Å².